The maximum atomic E-state index is 13.7. The van der Waals surface area contributed by atoms with E-state index in [0.29, 0.717) is 4.88 Å². The van der Waals surface area contributed by atoms with Gasteiger partial charge < -0.3 is 9.15 Å². The van der Waals surface area contributed by atoms with Gasteiger partial charge in [0.15, 0.2) is 6.61 Å². The van der Waals surface area contributed by atoms with E-state index in [1.54, 1.807) is 24.3 Å². The van der Waals surface area contributed by atoms with Gasteiger partial charge in [-0.05, 0) is 42.8 Å². The zero-order chi connectivity index (χ0) is 17.8. The van der Waals surface area contributed by atoms with Crippen molar-refractivity contribution < 1.29 is 23.1 Å². The lowest BCUT2D eigenvalue weighted by Crippen LogP contribution is -2.12. The monoisotopic (exact) mass is 358 g/mol. The predicted octanol–water partition coefficient (Wildman–Crippen LogP) is 4.75. The smallest absolute Gasteiger partial charge is 0.374 e. The fraction of sp³-hybridized carbons (Fsp3) is 0.158. The molecule has 0 spiro atoms. The molecule has 0 bridgehead atoms. The number of esters is 1. The van der Waals surface area contributed by atoms with Crippen molar-refractivity contribution in [2.24, 2.45) is 0 Å². The standard InChI is InChI=1S/C19H15FO4S/c1-2-12-7-10-18(25-12)15(21)11-23-19(22)17-9-8-16(24-17)13-5-3-4-6-14(13)20/h3-10H,2,11H2,1H3. The number of benzene rings is 1. The fourth-order valence-corrected chi connectivity index (χ4v) is 3.12. The van der Waals surface area contributed by atoms with Gasteiger partial charge in [0.1, 0.15) is 11.6 Å². The SMILES string of the molecule is CCc1ccc(C(=O)COC(=O)c2ccc(-c3ccccc3F)o2)s1. The molecule has 0 N–H and O–H groups in total. The highest BCUT2D eigenvalue weighted by atomic mass is 32.1. The van der Waals surface area contributed by atoms with Crippen LogP contribution in [-0.2, 0) is 11.2 Å². The van der Waals surface area contributed by atoms with Crippen LogP contribution in [0.3, 0.4) is 0 Å². The zero-order valence-corrected chi connectivity index (χ0v) is 14.3. The van der Waals surface area contributed by atoms with Gasteiger partial charge in [-0.1, -0.05) is 19.1 Å². The molecule has 0 atom stereocenters. The van der Waals surface area contributed by atoms with Gasteiger partial charge in [-0.15, -0.1) is 11.3 Å². The van der Waals surface area contributed by atoms with E-state index in [0.717, 1.165) is 11.3 Å². The summed E-state index contributed by atoms with van der Waals surface area (Å²) in [6.07, 6.45) is 0.850. The first-order chi connectivity index (χ1) is 12.1. The molecule has 0 fully saturated rings. The molecule has 1 aromatic carbocycles. The molecule has 4 nitrogen and oxygen atoms in total. The van der Waals surface area contributed by atoms with Gasteiger partial charge in [0, 0.05) is 4.88 Å². The Hall–Kier alpha value is -2.73. The summed E-state index contributed by atoms with van der Waals surface area (Å²) < 4.78 is 24.1. The van der Waals surface area contributed by atoms with E-state index in [1.807, 2.05) is 13.0 Å². The van der Waals surface area contributed by atoms with E-state index in [9.17, 15) is 14.0 Å². The third-order valence-corrected chi connectivity index (χ3v) is 4.84. The number of carbonyl (C=O) groups is 2. The first kappa shape index (κ1) is 17.1. The molecule has 3 aromatic rings. The van der Waals surface area contributed by atoms with Crippen LogP contribution in [-0.4, -0.2) is 18.4 Å². The summed E-state index contributed by atoms with van der Waals surface area (Å²) in [6.45, 7) is 1.64. The van der Waals surface area contributed by atoms with E-state index in [-0.39, 0.29) is 29.5 Å². The topological polar surface area (TPSA) is 56.5 Å². The first-order valence-corrected chi connectivity index (χ1v) is 8.54. The predicted molar refractivity (Wildman–Crippen MR) is 92.4 cm³/mol. The Morgan fingerprint density at radius 2 is 1.92 bits per heavy atom. The Kier molecular flexibility index (Phi) is 5.09. The lowest BCUT2D eigenvalue weighted by molar-refractivity contribution is 0.0446. The van der Waals surface area contributed by atoms with E-state index >= 15 is 0 Å². The van der Waals surface area contributed by atoms with Gasteiger partial charge in [-0.25, -0.2) is 9.18 Å². The molecule has 25 heavy (non-hydrogen) atoms. The molecule has 6 heteroatoms. The molecule has 3 rings (SSSR count). The number of ketones is 1. The van der Waals surface area contributed by atoms with Crippen molar-refractivity contribution in [3.63, 3.8) is 0 Å². The Morgan fingerprint density at radius 3 is 2.64 bits per heavy atom. The van der Waals surface area contributed by atoms with E-state index in [1.165, 1.54) is 29.5 Å². The second-order valence-corrected chi connectivity index (χ2v) is 6.43. The van der Waals surface area contributed by atoms with Gasteiger partial charge in [-0.3, -0.25) is 4.79 Å². The molecular formula is C19H15FO4S. The van der Waals surface area contributed by atoms with E-state index in [2.05, 4.69) is 0 Å². The van der Waals surface area contributed by atoms with Crippen LogP contribution in [0.4, 0.5) is 4.39 Å². The number of Topliss-reactive ketones (excluding diaryl/α,β-unsaturated/α-hetero) is 1. The second-order valence-electron chi connectivity index (χ2n) is 5.26. The molecule has 2 aromatic heterocycles. The minimum atomic E-state index is -0.761. The molecule has 2 heterocycles. The van der Waals surface area contributed by atoms with E-state index in [4.69, 9.17) is 9.15 Å². The molecule has 0 unspecified atom stereocenters. The van der Waals surface area contributed by atoms with Crippen molar-refractivity contribution in [2.75, 3.05) is 6.61 Å². The zero-order valence-electron chi connectivity index (χ0n) is 13.5. The molecule has 0 aliphatic heterocycles. The molecule has 0 radical (unpaired) electrons. The minimum Gasteiger partial charge on any atom is -0.451 e. The summed E-state index contributed by atoms with van der Waals surface area (Å²) in [5.41, 5.74) is 0.253. The molecule has 0 aliphatic carbocycles. The van der Waals surface area contributed by atoms with Crippen LogP contribution in [0.2, 0.25) is 0 Å². The van der Waals surface area contributed by atoms with Crippen LogP contribution in [0.5, 0.6) is 0 Å². The van der Waals surface area contributed by atoms with Gasteiger partial charge >= 0.3 is 5.97 Å². The average molecular weight is 358 g/mol. The molecular weight excluding hydrogens is 343 g/mol. The molecule has 0 saturated heterocycles. The Labute approximate surface area is 147 Å². The number of thiophene rings is 1. The second kappa shape index (κ2) is 7.44. The summed E-state index contributed by atoms with van der Waals surface area (Å²) in [5, 5.41) is 0. The quantitative estimate of drug-likeness (QED) is 0.471. The van der Waals surface area contributed by atoms with Gasteiger partial charge in [0.25, 0.3) is 0 Å². The number of halogens is 1. The summed E-state index contributed by atoms with van der Waals surface area (Å²) in [6, 6.07) is 12.6. The number of furan rings is 1. The van der Waals surface area contributed by atoms with Crippen molar-refractivity contribution in [2.45, 2.75) is 13.3 Å². The van der Waals surface area contributed by atoms with Crippen molar-refractivity contribution in [1.29, 1.82) is 0 Å². The summed E-state index contributed by atoms with van der Waals surface area (Å²) in [7, 11) is 0. The van der Waals surface area contributed by atoms with Gasteiger partial charge in [0.2, 0.25) is 11.5 Å². The maximum absolute atomic E-state index is 13.7. The summed E-state index contributed by atoms with van der Waals surface area (Å²) in [4.78, 5) is 25.7. The van der Waals surface area contributed by atoms with Crippen LogP contribution in [0.15, 0.2) is 52.9 Å². The fourth-order valence-electron chi connectivity index (χ4n) is 2.24. The van der Waals surface area contributed by atoms with Crippen molar-refractivity contribution >= 4 is 23.1 Å². The van der Waals surface area contributed by atoms with Crippen LogP contribution in [0, 0.1) is 5.82 Å². The maximum Gasteiger partial charge on any atom is 0.374 e. The van der Waals surface area contributed by atoms with Crippen molar-refractivity contribution in [3.8, 4) is 11.3 Å². The van der Waals surface area contributed by atoms with Crippen molar-refractivity contribution in [3.05, 3.63) is 69.9 Å². The molecule has 0 amide bonds. The minimum absolute atomic E-state index is 0.0773. The number of carbonyl (C=O) groups excluding carboxylic acids is 2. The number of ether oxygens (including phenoxy) is 1. The first-order valence-electron chi connectivity index (χ1n) is 7.72. The largest absolute Gasteiger partial charge is 0.451 e. The molecule has 128 valence electrons. The highest BCUT2D eigenvalue weighted by Gasteiger charge is 2.18. The summed E-state index contributed by atoms with van der Waals surface area (Å²) >= 11 is 1.39. The molecule has 0 aliphatic rings. The van der Waals surface area contributed by atoms with Crippen molar-refractivity contribution in [1.82, 2.24) is 0 Å². The third-order valence-electron chi connectivity index (χ3n) is 3.57. The van der Waals surface area contributed by atoms with Gasteiger partial charge in [-0.2, -0.15) is 0 Å². The Morgan fingerprint density at radius 1 is 1.12 bits per heavy atom. The Bertz CT molecular complexity index is 910. The lowest BCUT2D eigenvalue weighted by atomic mass is 10.1. The third kappa shape index (κ3) is 3.85. The molecule has 0 saturated carbocycles. The number of rotatable bonds is 6. The number of hydrogen-bond acceptors (Lipinski definition) is 5. The van der Waals surface area contributed by atoms with Gasteiger partial charge in [0.05, 0.1) is 10.4 Å². The lowest BCUT2D eigenvalue weighted by Gasteiger charge is -2.01. The number of aryl methyl sites for hydroxylation is 1. The summed E-state index contributed by atoms with van der Waals surface area (Å²) in [5.74, 6) is -1.33. The highest BCUT2D eigenvalue weighted by Crippen LogP contribution is 2.25. The van der Waals surface area contributed by atoms with Crippen LogP contribution < -0.4 is 0 Å². The normalized spacial score (nSPS) is 10.6. The Balaban J connectivity index is 1.64. The van der Waals surface area contributed by atoms with Crippen LogP contribution >= 0.6 is 11.3 Å². The van der Waals surface area contributed by atoms with E-state index < -0.39 is 11.8 Å². The number of hydrogen-bond donors (Lipinski definition) is 0. The van der Waals surface area contributed by atoms with Crippen LogP contribution in [0.25, 0.3) is 11.3 Å². The van der Waals surface area contributed by atoms with Crippen LogP contribution in [0.1, 0.15) is 32.0 Å². The average Bonchev–Trinajstić information content (AvgIpc) is 3.29. The highest BCUT2D eigenvalue weighted by molar-refractivity contribution is 7.14.